The number of carbonyl (C=O) groups is 2. The van der Waals surface area contributed by atoms with Gasteiger partial charge in [-0.25, -0.2) is 0 Å². The van der Waals surface area contributed by atoms with Crippen molar-refractivity contribution in [2.75, 3.05) is 0 Å². The van der Waals surface area contributed by atoms with Gasteiger partial charge in [-0.05, 0) is 19.1 Å². The van der Waals surface area contributed by atoms with Crippen LogP contribution >= 0.6 is 12.2 Å². The normalized spacial score (nSPS) is 15.9. The molecule has 2 N–H and O–H groups in total. The Bertz CT molecular complexity index is 480. The highest BCUT2D eigenvalue weighted by Crippen LogP contribution is 2.23. The van der Waals surface area contributed by atoms with Crippen molar-refractivity contribution >= 4 is 29.0 Å². The molecule has 2 amide bonds. The van der Waals surface area contributed by atoms with E-state index >= 15 is 0 Å². The molecule has 2 rings (SSSR count). The molecule has 6 heteroatoms. The van der Waals surface area contributed by atoms with Gasteiger partial charge in [0.1, 0.15) is 5.69 Å². The predicted molar refractivity (Wildman–Crippen MR) is 65.6 cm³/mol. The zero-order valence-corrected chi connectivity index (χ0v) is 10.0. The van der Waals surface area contributed by atoms with Crippen LogP contribution in [0.3, 0.4) is 0 Å². The van der Waals surface area contributed by atoms with E-state index in [0.29, 0.717) is 12.0 Å². The van der Waals surface area contributed by atoms with E-state index in [1.807, 2.05) is 0 Å². The van der Waals surface area contributed by atoms with E-state index in [-0.39, 0.29) is 28.5 Å². The molecular formula is C11H11N3O2S. The first-order valence-electron chi connectivity index (χ1n) is 5.13. The van der Waals surface area contributed by atoms with Crippen molar-refractivity contribution in [1.29, 1.82) is 0 Å². The third-order valence-electron chi connectivity index (χ3n) is 2.62. The minimum Gasteiger partial charge on any atom is -0.393 e. The number of nitrogens with zero attached hydrogens (tertiary/aromatic N) is 2. The van der Waals surface area contributed by atoms with E-state index in [1.165, 1.54) is 6.20 Å². The van der Waals surface area contributed by atoms with Crippen LogP contribution in [-0.2, 0) is 0 Å². The number of thiocarbonyl (C=S) groups is 1. The molecule has 1 atom stereocenters. The van der Waals surface area contributed by atoms with Crippen molar-refractivity contribution in [1.82, 2.24) is 9.88 Å². The molecule has 88 valence electrons. The average molecular weight is 249 g/mol. The van der Waals surface area contributed by atoms with Gasteiger partial charge in [0.2, 0.25) is 0 Å². The van der Waals surface area contributed by atoms with Gasteiger partial charge in [0.15, 0.2) is 0 Å². The molecule has 1 aromatic heterocycles. The Hall–Kier alpha value is -1.82. The summed E-state index contributed by atoms with van der Waals surface area (Å²) in [6, 6.07) is 2.88. The molecule has 17 heavy (non-hydrogen) atoms. The SMILES string of the molecule is CC(CC(N)=S)N1C(=O)c2cccnc2C1=O. The standard InChI is InChI=1S/C11H11N3O2S/c1-6(5-8(12)17)14-10(15)7-3-2-4-13-9(7)11(14)16/h2-4,6H,5H2,1H3,(H2,12,17). The minimum atomic E-state index is -0.380. The number of nitrogens with two attached hydrogens (primary N) is 1. The van der Waals surface area contributed by atoms with E-state index in [2.05, 4.69) is 4.98 Å². The van der Waals surface area contributed by atoms with Gasteiger partial charge in [0.05, 0.1) is 10.6 Å². The predicted octanol–water partition coefficient (Wildman–Crippen LogP) is 0.742. The summed E-state index contributed by atoms with van der Waals surface area (Å²) >= 11 is 4.78. The molecule has 1 aliphatic rings. The Kier molecular flexibility index (Phi) is 2.89. The summed E-state index contributed by atoms with van der Waals surface area (Å²) in [6.45, 7) is 1.74. The Morgan fingerprint density at radius 1 is 1.53 bits per heavy atom. The van der Waals surface area contributed by atoms with Crippen molar-refractivity contribution in [3.63, 3.8) is 0 Å². The van der Waals surface area contributed by atoms with Crippen LogP contribution in [-0.4, -0.2) is 32.7 Å². The fraction of sp³-hybridized carbons (Fsp3) is 0.273. The molecular weight excluding hydrogens is 238 g/mol. The summed E-state index contributed by atoms with van der Waals surface area (Å²) < 4.78 is 0. The molecule has 1 aliphatic heterocycles. The van der Waals surface area contributed by atoms with E-state index in [9.17, 15) is 9.59 Å². The van der Waals surface area contributed by atoms with Crippen molar-refractivity contribution in [2.24, 2.45) is 5.73 Å². The number of aromatic nitrogens is 1. The van der Waals surface area contributed by atoms with Crippen LogP contribution in [0.4, 0.5) is 0 Å². The smallest absolute Gasteiger partial charge is 0.280 e. The lowest BCUT2D eigenvalue weighted by molar-refractivity contribution is 0.0600. The quantitative estimate of drug-likeness (QED) is 0.631. The van der Waals surface area contributed by atoms with Crippen LogP contribution in [0.1, 0.15) is 34.2 Å². The second kappa shape index (κ2) is 4.21. The van der Waals surface area contributed by atoms with Gasteiger partial charge in [-0.2, -0.15) is 0 Å². The third kappa shape index (κ3) is 1.91. The van der Waals surface area contributed by atoms with Gasteiger partial charge in [-0.3, -0.25) is 19.5 Å². The molecule has 0 saturated heterocycles. The second-order valence-corrected chi connectivity index (χ2v) is 4.42. The maximum Gasteiger partial charge on any atom is 0.280 e. The molecule has 0 aliphatic carbocycles. The fourth-order valence-electron chi connectivity index (χ4n) is 1.87. The molecule has 0 spiro atoms. The van der Waals surface area contributed by atoms with E-state index in [0.717, 1.165) is 4.90 Å². The second-order valence-electron chi connectivity index (χ2n) is 3.90. The topological polar surface area (TPSA) is 76.3 Å². The van der Waals surface area contributed by atoms with E-state index in [1.54, 1.807) is 19.1 Å². The molecule has 0 bridgehead atoms. The molecule has 0 fully saturated rings. The number of amides is 2. The molecule has 0 saturated carbocycles. The van der Waals surface area contributed by atoms with Crippen molar-refractivity contribution in [3.8, 4) is 0 Å². The van der Waals surface area contributed by atoms with Crippen LogP contribution in [0.2, 0.25) is 0 Å². The van der Waals surface area contributed by atoms with Gasteiger partial charge >= 0.3 is 0 Å². The van der Waals surface area contributed by atoms with Crippen LogP contribution < -0.4 is 5.73 Å². The first kappa shape index (κ1) is 11.7. The number of hydrogen-bond acceptors (Lipinski definition) is 4. The number of hydrogen-bond donors (Lipinski definition) is 1. The van der Waals surface area contributed by atoms with Crippen molar-refractivity contribution < 1.29 is 9.59 Å². The molecule has 0 aromatic carbocycles. The van der Waals surface area contributed by atoms with E-state index < -0.39 is 0 Å². The number of imide groups is 1. The van der Waals surface area contributed by atoms with Crippen molar-refractivity contribution in [3.05, 3.63) is 29.6 Å². The Morgan fingerprint density at radius 3 is 2.82 bits per heavy atom. The fourth-order valence-corrected chi connectivity index (χ4v) is 2.11. The van der Waals surface area contributed by atoms with Crippen LogP contribution in [0.15, 0.2) is 18.3 Å². The van der Waals surface area contributed by atoms with E-state index in [4.69, 9.17) is 18.0 Å². The van der Waals surface area contributed by atoms with Gasteiger partial charge in [0, 0.05) is 18.7 Å². The average Bonchev–Trinajstić information content (AvgIpc) is 2.51. The first-order chi connectivity index (χ1) is 8.02. The third-order valence-corrected chi connectivity index (χ3v) is 2.78. The lowest BCUT2D eigenvalue weighted by Crippen LogP contribution is -2.40. The van der Waals surface area contributed by atoms with Crippen LogP contribution in [0.25, 0.3) is 0 Å². The Balaban J connectivity index is 2.33. The van der Waals surface area contributed by atoms with Crippen LogP contribution in [0.5, 0.6) is 0 Å². The monoisotopic (exact) mass is 249 g/mol. The largest absolute Gasteiger partial charge is 0.393 e. The zero-order chi connectivity index (χ0) is 12.6. The summed E-state index contributed by atoms with van der Waals surface area (Å²) in [5.41, 5.74) is 5.96. The van der Waals surface area contributed by atoms with Gasteiger partial charge in [0.25, 0.3) is 11.8 Å². The maximum atomic E-state index is 12.0. The molecule has 0 radical (unpaired) electrons. The lowest BCUT2D eigenvalue weighted by atomic mass is 10.2. The minimum absolute atomic E-state index is 0.201. The summed E-state index contributed by atoms with van der Waals surface area (Å²) in [7, 11) is 0. The highest BCUT2D eigenvalue weighted by Gasteiger charge is 2.39. The number of carbonyl (C=O) groups excluding carboxylic acids is 2. The summed E-state index contributed by atoms with van der Waals surface area (Å²) in [4.78, 5) is 29.4. The zero-order valence-electron chi connectivity index (χ0n) is 9.21. The summed E-state index contributed by atoms with van der Waals surface area (Å²) in [6.07, 6.45) is 1.81. The summed E-state index contributed by atoms with van der Waals surface area (Å²) in [5, 5.41) is 0. The first-order valence-corrected chi connectivity index (χ1v) is 5.54. The van der Waals surface area contributed by atoms with Crippen LogP contribution in [0, 0.1) is 0 Å². The maximum absolute atomic E-state index is 12.0. The Morgan fingerprint density at radius 2 is 2.24 bits per heavy atom. The number of fused-ring (bicyclic) bond motifs is 1. The number of rotatable bonds is 3. The lowest BCUT2D eigenvalue weighted by Gasteiger charge is -2.21. The highest BCUT2D eigenvalue weighted by molar-refractivity contribution is 7.80. The molecule has 1 aromatic rings. The molecule has 5 nitrogen and oxygen atoms in total. The number of pyridine rings is 1. The van der Waals surface area contributed by atoms with Gasteiger partial charge < -0.3 is 5.73 Å². The molecule has 2 heterocycles. The van der Waals surface area contributed by atoms with Gasteiger partial charge in [-0.1, -0.05) is 12.2 Å². The molecule has 1 unspecified atom stereocenters. The Labute approximate surface area is 104 Å². The van der Waals surface area contributed by atoms with Crippen molar-refractivity contribution in [2.45, 2.75) is 19.4 Å². The highest BCUT2D eigenvalue weighted by atomic mass is 32.1. The van der Waals surface area contributed by atoms with Gasteiger partial charge in [-0.15, -0.1) is 0 Å². The summed E-state index contributed by atoms with van der Waals surface area (Å²) in [5.74, 6) is -0.712.